The molecule has 104 valence electrons. The third kappa shape index (κ3) is 3.01. The van der Waals surface area contributed by atoms with Gasteiger partial charge in [-0.15, -0.1) is 0 Å². The summed E-state index contributed by atoms with van der Waals surface area (Å²) < 4.78 is 0. The largest absolute Gasteiger partial charge is 0.395 e. The molecule has 0 unspecified atom stereocenters. The van der Waals surface area contributed by atoms with Crippen LogP contribution in [0.25, 0.3) is 0 Å². The highest BCUT2D eigenvalue weighted by molar-refractivity contribution is 5.35. The Hall–Kier alpha value is -0.860. The van der Waals surface area contributed by atoms with Crippen LogP contribution in [0.5, 0.6) is 0 Å². The predicted octanol–water partition coefficient (Wildman–Crippen LogP) is 2.56. The highest BCUT2D eigenvalue weighted by Gasteiger charge is 2.23. The monoisotopic (exact) mass is 259 g/mol. The first kappa shape index (κ1) is 13.1. The number of hydrogen-bond donors (Lipinski definition) is 1. The Kier molecular flexibility index (Phi) is 4.19. The van der Waals surface area contributed by atoms with E-state index in [0.717, 1.165) is 6.54 Å². The first-order valence-electron chi connectivity index (χ1n) is 7.82. The van der Waals surface area contributed by atoms with E-state index in [4.69, 9.17) is 5.11 Å². The van der Waals surface area contributed by atoms with Gasteiger partial charge in [0.05, 0.1) is 6.61 Å². The molecule has 3 rings (SSSR count). The summed E-state index contributed by atoms with van der Waals surface area (Å²) in [6.07, 6.45) is 8.95. The van der Waals surface area contributed by atoms with Crippen LogP contribution in [0.2, 0.25) is 0 Å². The molecule has 1 aromatic rings. The lowest BCUT2D eigenvalue weighted by molar-refractivity contribution is 0.180. The Labute approximate surface area is 116 Å². The standard InChI is InChI=1S/C17H25NO/c19-12-11-18-10-2-5-17(18)9-7-14-6-8-15-3-1-4-16(15)13-14/h6,8,13,17,19H,1-5,7,9-12H2/t17-/m1/s1. The zero-order valence-electron chi connectivity index (χ0n) is 11.8. The minimum Gasteiger partial charge on any atom is -0.395 e. The van der Waals surface area contributed by atoms with Gasteiger partial charge >= 0.3 is 0 Å². The smallest absolute Gasteiger partial charge is 0.0558 e. The van der Waals surface area contributed by atoms with Crippen molar-refractivity contribution in [2.24, 2.45) is 0 Å². The summed E-state index contributed by atoms with van der Waals surface area (Å²) in [4.78, 5) is 2.47. The quantitative estimate of drug-likeness (QED) is 0.878. The Balaban J connectivity index is 1.57. The summed E-state index contributed by atoms with van der Waals surface area (Å²) in [5.74, 6) is 0. The fourth-order valence-electron chi connectivity index (χ4n) is 3.76. The maximum Gasteiger partial charge on any atom is 0.0558 e. The normalized spacial score (nSPS) is 22.9. The van der Waals surface area contributed by atoms with Crippen LogP contribution in [-0.4, -0.2) is 35.7 Å². The number of aliphatic hydroxyl groups excluding tert-OH is 1. The molecule has 1 aromatic carbocycles. The lowest BCUT2D eigenvalue weighted by Gasteiger charge is -2.23. The van der Waals surface area contributed by atoms with Gasteiger partial charge in [0.25, 0.3) is 0 Å². The second-order valence-corrected chi connectivity index (χ2v) is 6.05. The van der Waals surface area contributed by atoms with Gasteiger partial charge in [-0.2, -0.15) is 0 Å². The molecule has 0 aromatic heterocycles. The van der Waals surface area contributed by atoms with Crippen molar-refractivity contribution < 1.29 is 5.11 Å². The van der Waals surface area contributed by atoms with Crippen molar-refractivity contribution in [1.82, 2.24) is 4.90 Å². The topological polar surface area (TPSA) is 23.5 Å². The van der Waals surface area contributed by atoms with E-state index in [-0.39, 0.29) is 0 Å². The molecule has 2 aliphatic rings. The Bertz CT molecular complexity index is 429. The molecular weight excluding hydrogens is 234 g/mol. The zero-order chi connectivity index (χ0) is 13.1. The Morgan fingerprint density at radius 2 is 2.05 bits per heavy atom. The summed E-state index contributed by atoms with van der Waals surface area (Å²) in [5, 5.41) is 9.09. The van der Waals surface area contributed by atoms with Gasteiger partial charge in [-0.05, 0) is 68.2 Å². The lowest BCUT2D eigenvalue weighted by Crippen LogP contribution is -2.32. The van der Waals surface area contributed by atoms with Gasteiger partial charge in [0.15, 0.2) is 0 Å². The van der Waals surface area contributed by atoms with Crippen LogP contribution in [0, 0.1) is 0 Å². The average Bonchev–Trinajstić information content (AvgIpc) is 3.05. The molecule has 2 heteroatoms. The van der Waals surface area contributed by atoms with Gasteiger partial charge in [-0.3, -0.25) is 4.90 Å². The highest BCUT2D eigenvalue weighted by atomic mass is 16.3. The molecule has 1 fully saturated rings. The number of fused-ring (bicyclic) bond motifs is 1. The number of hydrogen-bond acceptors (Lipinski definition) is 2. The lowest BCUT2D eigenvalue weighted by atomic mass is 10.00. The minimum absolute atomic E-state index is 0.301. The summed E-state index contributed by atoms with van der Waals surface area (Å²) in [5.41, 5.74) is 4.68. The van der Waals surface area contributed by atoms with Crippen molar-refractivity contribution in [3.05, 3.63) is 34.9 Å². The average molecular weight is 259 g/mol. The van der Waals surface area contributed by atoms with Crippen LogP contribution >= 0.6 is 0 Å². The molecule has 0 saturated carbocycles. The molecule has 1 saturated heterocycles. The van der Waals surface area contributed by atoms with E-state index >= 15 is 0 Å². The van der Waals surface area contributed by atoms with Crippen molar-refractivity contribution in [1.29, 1.82) is 0 Å². The van der Waals surface area contributed by atoms with E-state index in [0.29, 0.717) is 12.6 Å². The summed E-state index contributed by atoms with van der Waals surface area (Å²) in [6.45, 7) is 2.33. The number of aliphatic hydroxyl groups is 1. The fourth-order valence-corrected chi connectivity index (χ4v) is 3.76. The highest BCUT2D eigenvalue weighted by Crippen LogP contribution is 2.25. The maximum atomic E-state index is 9.09. The van der Waals surface area contributed by atoms with Crippen molar-refractivity contribution >= 4 is 0 Å². The molecule has 0 radical (unpaired) electrons. The molecule has 1 heterocycles. The van der Waals surface area contributed by atoms with Crippen LogP contribution in [0.4, 0.5) is 0 Å². The van der Waals surface area contributed by atoms with Crippen molar-refractivity contribution in [3.63, 3.8) is 0 Å². The summed E-state index contributed by atoms with van der Waals surface area (Å²) in [6, 6.07) is 7.81. The van der Waals surface area contributed by atoms with E-state index in [1.165, 1.54) is 57.1 Å². The number of benzene rings is 1. The third-order valence-electron chi connectivity index (χ3n) is 4.82. The summed E-state index contributed by atoms with van der Waals surface area (Å²) in [7, 11) is 0. The second-order valence-electron chi connectivity index (χ2n) is 6.05. The van der Waals surface area contributed by atoms with Crippen molar-refractivity contribution in [2.75, 3.05) is 19.7 Å². The minimum atomic E-state index is 0.301. The molecule has 0 amide bonds. The number of nitrogens with zero attached hydrogens (tertiary/aromatic N) is 1. The van der Waals surface area contributed by atoms with Crippen molar-refractivity contribution in [2.45, 2.75) is 51.0 Å². The first-order valence-corrected chi connectivity index (χ1v) is 7.82. The second kappa shape index (κ2) is 6.06. The Morgan fingerprint density at radius 3 is 2.95 bits per heavy atom. The van der Waals surface area contributed by atoms with Crippen LogP contribution < -0.4 is 0 Å². The van der Waals surface area contributed by atoms with Gasteiger partial charge in [0, 0.05) is 12.6 Å². The zero-order valence-corrected chi connectivity index (χ0v) is 11.8. The van der Waals surface area contributed by atoms with Crippen LogP contribution in [-0.2, 0) is 19.3 Å². The van der Waals surface area contributed by atoms with Crippen LogP contribution in [0.15, 0.2) is 18.2 Å². The molecule has 2 nitrogen and oxygen atoms in total. The number of β-amino-alcohol motifs (C(OH)–C–C–N with tert-alkyl or cyclic N) is 1. The number of rotatable bonds is 5. The van der Waals surface area contributed by atoms with E-state index in [9.17, 15) is 0 Å². The molecule has 0 bridgehead atoms. The molecular formula is C17H25NO. The van der Waals surface area contributed by atoms with Crippen LogP contribution in [0.3, 0.4) is 0 Å². The first-order chi connectivity index (χ1) is 9.36. The van der Waals surface area contributed by atoms with E-state index < -0.39 is 0 Å². The molecule has 1 aliphatic heterocycles. The number of aryl methyl sites for hydroxylation is 3. The van der Waals surface area contributed by atoms with Gasteiger partial charge in [0.2, 0.25) is 0 Å². The molecule has 19 heavy (non-hydrogen) atoms. The van der Waals surface area contributed by atoms with Gasteiger partial charge < -0.3 is 5.11 Å². The molecule has 1 aliphatic carbocycles. The van der Waals surface area contributed by atoms with E-state index in [1.54, 1.807) is 11.1 Å². The van der Waals surface area contributed by atoms with Gasteiger partial charge in [-0.25, -0.2) is 0 Å². The van der Waals surface area contributed by atoms with Crippen molar-refractivity contribution in [3.8, 4) is 0 Å². The van der Waals surface area contributed by atoms with E-state index in [1.807, 2.05) is 0 Å². The van der Waals surface area contributed by atoms with E-state index in [2.05, 4.69) is 23.1 Å². The Morgan fingerprint density at radius 1 is 1.16 bits per heavy atom. The summed E-state index contributed by atoms with van der Waals surface area (Å²) >= 11 is 0. The molecule has 1 N–H and O–H groups in total. The molecule has 1 atom stereocenters. The molecule has 0 spiro atoms. The SMILES string of the molecule is OCCN1CCC[C@@H]1CCc1ccc2c(c1)CCC2. The van der Waals surface area contributed by atoms with Crippen LogP contribution in [0.1, 0.15) is 42.4 Å². The predicted molar refractivity (Wildman–Crippen MR) is 78.5 cm³/mol. The van der Waals surface area contributed by atoms with Gasteiger partial charge in [0.1, 0.15) is 0 Å². The number of likely N-dealkylation sites (tertiary alicyclic amines) is 1. The van der Waals surface area contributed by atoms with Gasteiger partial charge in [-0.1, -0.05) is 18.2 Å². The fraction of sp³-hybridized carbons (Fsp3) is 0.647. The third-order valence-corrected chi connectivity index (χ3v) is 4.82. The maximum absolute atomic E-state index is 9.09.